The van der Waals surface area contributed by atoms with Crippen LogP contribution in [0.4, 0.5) is 0 Å². The quantitative estimate of drug-likeness (QED) is 0.603. The van der Waals surface area contributed by atoms with Crippen molar-refractivity contribution in [1.29, 1.82) is 0 Å². The van der Waals surface area contributed by atoms with E-state index >= 15 is 0 Å². The maximum atomic E-state index is 11.2. The van der Waals surface area contributed by atoms with Crippen LogP contribution in [0.2, 0.25) is 0 Å². The van der Waals surface area contributed by atoms with Gasteiger partial charge in [0, 0.05) is 13.7 Å². The molecule has 1 amide bonds. The predicted octanol–water partition coefficient (Wildman–Crippen LogP) is 0.648. The van der Waals surface area contributed by atoms with E-state index in [1.54, 1.807) is 6.92 Å². The molecule has 1 unspecified atom stereocenters. The molecular formula is C9H19NO3. The third kappa shape index (κ3) is 4.85. The Hall–Kier alpha value is -0.610. The summed E-state index contributed by atoms with van der Waals surface area (Å²) in [6.45, 7) is 4.39. The van der Waals surface area contributed by atoms with Gasteiger partial charge >= 0.3 is 0 Å². The van der Waals surface area contributed by atoms with Crippen molar-refractivity contribution in [2.75, 3.05) is 13.7 Å². The van der Waals surface area contributed by atoms with Gasteiger partial charge in [0.25, 0.3) is 0 Å². The number of hydrogen-bond donors (Lipinski definition) is 2. The zero-order valence-electron chi connectivity index (χ0n) is 8.59. The Morgan fingerprint density at radius 1 is 1.54 bits per heavy atom. The summed E-state index contributed by atoms with van der Waals surface area (Å²) in [4.78, 5) is 11.2. The molecule has 0 aromatic heterocycles. The summed E-state index contributed by atoms with van der Waals surface area (Å²) in [5, 5.41) is 12.3. The lowest BCUT2D eigenvalue weighted by molar-refractivity contribution is -0.193. The number of carbonyl (C=O) groups excluding carboxylic acids is 1. The number of nitrogens with one attached hydrogen (secondary N) is 1. The SMILES string of the molecule is CCCNC(=O)CC(O)(CC)OC. The molecule has 0 aromatic carbocycles. The first-order valence-corrected chi connectivity index (χ1v) is 4.62. The van der Waals surface area contributed by atoms with Gasteiger partial charge in [0.1, 0.15) is 0 Å². The van der Waals surface area contributed by atoms with Crippen LogP contribution in [0.5, 0.6) is 0 Å². The van der Waals surface area contributed by atoms with Crippen molar-refractivity contribution in [2.24, 2.45) is 0 Å². The monoisotopic (exact) mass is 189 g/mol. The van der Waals surface area contributed by atoms with Crippen LogP contribution < -0.4 is 5.32 Å². The molecule has 0 spiro atoms. The molecule has 0 heterocycles. The van der Waals surface area contributed by atoms with Gasteiger partial charge in [-0.2, -0.15) is 0 Å². The van der Waals surface area contributed by atoms with Crippen LogP contribution in [0.15, 0.2) is 0 Å². The Labute approximate surface area is 79.3 Å². The number of aliphatic hydroxyl groups is 1. The summed E-state index contributed by atoms with van der Waals surface area (Å²) in [6, 6.07) is 0. The van der Waals surface area contributed by atoms with Gasteiger partial charge in [-0.25, -0.2) is 0 Å². The van der Waals surface area contributed by atoms with E-state index in [1.165, 1.54) is 7.11 Å². The van der Waals surface area contributed by atoms with E-state index in [9.17, 15) is 9.90 Å². The Morgan fingerprint density at radius 2 is 2.15 bits per heavy atom. The van der Waals surface area contributed by atoms with Crippen LogP contribution in [0.3, 0.4) is 0 Å². The number of hydrogen-bond acceptors (Lipinski definition) is 3. The molecule has 0 fully saturated rings. The van der Waals surface area contributed by atoms with Crippen molar-refractivity contribution in [3.05, 3.63) is 0 Å². The van der Waals surface area contributed by atoms with Crippen LogP contribution in [0, 0.1) is 0 Å². The Bertz CT molecular complexity index is 155. The van der Waals surface area contributed by atoms with E-state index in [-0.39, 0.29) is 12.3 Å². The normalized spacial score (nSPS) is 15.1. The molecule has 0 saturated heterocycles. The molecule has 0 saturated carbocycles. The van der Waals surface area contributed by atoms with Gasteiger partial charge < -0.3 is 15.2 Å². The standard InChI is InChI=1S/C9H19NO3/c1-4-6-10-8(11)7-9(12,5-2)13-3/h12H,4-7H2,1-3H3,(H,10,11). The second kappa shape index (κ2) is 5.94. The fourth-order valence-electron chi connectivity index (χ4n) is 0.919. The van der Waals surface area contributed by atoms with Crippen molar-refractivity contribution in [2.45, 2.75) is 38.9 Å². The highest BCUT2D eigenvalue weighted by molar-refractivity contribution is 5.76. The highest BCUT2D eigenvalue weighted by atomic mass is 16.6. The van der Waals surface area contributed by atoms with E-state index in [1.807, 2.05) is 6.92 Å². The van der Waals surface area contributed by atoms with E-state index in [2.05, 4.69) is 5.32 Å². The molecule has 0 aliphatic heterocycles. The number of amides is 1. The largest absolute Gasteiger partial charge is 0.365 e. The second-order valence-corrected chi connectivity index (χ2v) is 3.03. The zero-order valence-corrected chi connectivity index (χ0v) is 8.59. The highest BCUT2D eigenvalue weighted by Gasteiger charge is 2.26. The zero-order chi connectivity index (χ0) is 10.3. The number of carbonyl (C=O) groups is 1. The van der Waals surface area contributed by atoms with Crippen LogP contribution in [0.25, 0.3) is 0 Å². The topological polar surface area (TPSA) is 58.6 Å². The van der Waals surface area contributed by atoms with E-state index in [0.717, 1.165) is 6.42 Å². The molecule has 2 N–H and O–H groups in total. The third-order valence-corrected chi connectivity index (χ3v) is 1.94. The first-order valence-electron chi connectivity index (χ1n) is 4.62. The smallest absolute Gasteiger partial charge is 0.225 e. The average molecular weight is 189 g/mol. The summed E-state index contributed by atoms with van der Waals surface area (Å²) >= 11 is 0. The van der Waals surface area contributed by atoms with Gasteiger partial charge in [0.15, 0.2) is 5.79 Å². The summed E-state index contributed by atoms with van der Waals surface area (Å²) in [6.07, 6.45) is 1.30. The van der Waals surface area contributed by atoms with Crippen LogP contribution in [-0.2, 0) is 9.53 Å². The van der Waals surface area contributed by atoms with Gasteiger partial charge in [-0.15, -0.1) is 0 Å². The average Bonchev–Trinajstić information content (AvgIpc) is 2.14. The molecule has 78 valence electrons. The summed E-state index contributed by atoms with van der Waals surface area (Å²) in [5.41, 5.74) is 0. The van der Waals surface area contributed by atoms with Gasteiger partial charge in [-0.05, 0) is 12.8 Å². The minimum absolute atomic E-state index is 0. The van der Waals surface area contributed by atoms with Crippen LogP contribution in [-0.4, -0.2) is 30.5 Å². The maximum Gasteiger partial charge on any atom is 0.225 e. The predicted molar refractivity (Wildman–Crippen MR) is 50.2 cm³/mol. The van der Waals surface area contributed by atoms with Crippen LogP contribution >= 0.6 is 0 Å². The molecule has 4 heteroatoms. The first-order chi connectivity index (χ1) is 6.08. The summed E-state index contributed by atoms with van der Waals surface area (Å²) in [5.74, 6) is -1.48. The number of methoxy groups -OCH3 is 1. The minimum atomic E-state index is -1.31. The van der Waals surface area contributed by atoms with Crippen molar-refractivity contribution in [1.82, 2.24) is 5.32 Å². The molecule has 4 nitrogen and oxygen atoms in total. The van der Waals surface area contributed by atoms with E-state index < -0.39 is 5.79 Å². The molecule has 0 radical (unpaired) electrons. The molecule has 0 bridgehead atoms. The lowest BCUT2D eigenvalue weighted by Crippen LogP contribution is -2.38. The van der Waals surface area contributed by atoms with Crippen molar-refractivity contribution in [3.8, 4) is 0 Å². The highest BCUT2D eigenvalue weighted by Crippen LogP contribution is 2.14. The molecule has 0 aliphatic carbocycles. The lowest BCUT2D eigenvalue weighted by Gasteiger charge is -2.23. The van der Waals surface area contributed by atoms with Crippen molar-refractivity contribution < 1.29 is 14.6 Å². The van der Waals surface area contributed by atoms with E-state index in [4.69, 9.17) is 4.74 Å². The Morgan fingerprint density at radius 3 is 2.54 bits per heavy atom. The molecular weight excluding hydrogens is 170 g/mol. The molecule has 0 rings (SSSR count). The van der Waals surface area contributed by atoms with Gasteiger partial charge in [0.2, 0.25) is 5.91 Å². The van der Waals surface area contributed by atoms with Gasteiger partial charge in [-0.3, -0.25) is 4.79 Å². The van der Waals surface area contributed by atoms with Crippen molar-refractivity contribution >= 4 is 5.91 Å². The summed E-state index contributed by atoms with van der Waals surface area (Å²) < 4.78 is 4.83. The van der Waals surface area contributed by atoms with Crippen molar-refractivity contribution in [3.63, 3.8) is 0 Å². The molecule has 1 atom stereocenters. The summed E-state index contributed by atoms with van der Waals surface area (Å²) in [7, 11) is 1.40. The Kier molecular flexibility index (Phi) is 5.66. The fraction of sp³-hybridized carbons (Fsp3) is 0.889. The first kappa shape index (κ1) is 12.4. The number of rotatable bonds is 6. The molecule has 13 heavy (non-hydrogen) atoms. The minimum Gasteiger partial charge on any atom is -0.365 e. The fourth-order valence-corrected chi connectivity index (χ4v) is 0.919. The van der Waals surface area contributed by atoms with Gasteiger partial charge in [0.05, 0.1) is 6.42 Å². The van der Waals surface area contributed by atoms with Crippen LogP contribution in [0.1, 0.15) is 33.1 Å². The number of ether oxygens (including phenoxy) is 1. The third-order valence-electron chi connectivity index (χ3n) is 1.94. The van der Waals surface area contributed by atoms with E-state index in [0.29, 0.717) is 13.0 Å². The Balaban J connectivity index is 3.87. The molecule has 0 aromatic rings. The lowest BCUT2D eigenvalue weighted by atomic mass is 10.1. The maximum absolute atomic E-state index is 11.2. The second-order valence-electron chi connectivity index (χ2n) is 3.03. The van der Waals surface area contributed by atoms with Gasteiger partial charge in [-0.1, -0.05) is 13.8 Å². The molecule has 0 aliphatic rings.